The second kappa shape index (κ2) is 3.88. The van der Waals surface area contributed by atoms with Gasteiger partial charge in [0.15, 0.2) is 0 Å². The number of aliphatic hydroxyl groups excluding tert-OH is 1. The number of aliphatic hydroxyl groups is 1. The molecule has 1 atom stereocenters. The second-order valence-electron chi connectivity index (χ2n) is 3.37. The van der Waals surface area contributed by atoms with E-state index >= 15 is 0 Å². The maximum atomic E-state index is 9.38. The Bertz CT molecular complexity index is 142. The predicted molar refractivity (Wildman–Crippen MR) is 46.5 cm³/mol. The zero-order chi connectivity index (χ0) is 8.27. The molecule has 1 heterocycles. The summed E-state index contributed by atoms with van der Waals surface area (Å²) in [7, 11) is 0. The summed E-state index contributed by atoms with van der Waals surface area (Å²) in [5, 5.41) is 9.38. The first kappa shape index (κ1) is 8.75. The maximum absolute atomic E-state index is 9.38. The van der Waals surface area contributed by atoms with E-state index in [1.165, 1.54) is 0 Å². The SMILES string of the molecule is CC(C)N1CCC=CC(O)C1. The molecule has 0 aromatic heterocycles. The number of hydrogen-bond acceptors (Lipinski definition) is 2. The molecule has 1 N–H and O–H groups in total. The first-order valence-electron chi connectivity index (χ1n) is 4.29. The van der Waals surface area contributed by atoms with Crippen LogP contribution in [0.15, 0.2) is 12.2 Å². The van der Waals surface area contributed by atoms with Gasteiger partial charge in [-0.15, -0.1) is 0 Å². The minimum absolute atomic E-state index is 0.264. The first-order valence-corrected chi connectivity index (χ1v) is 4.29. The van der Waals surface area contributed by atoms with Crippen molar-refractivity contribution < 1.29 is 5.11 Å². The van der Waals surface area contributed by atoms with Crippen LogP contribution in [0.1, 0.15) is 20.3 Å². The van der Waals surface area contributed by atoms with E-state index < -0.39 is 0 Å². The minimum atomic E-state index is -0.264. The molecule has 1 aliphatic heterocycles. The van der Waals surface area contributed by atoms with Gasteiger partial charge in [0.2, 0.25) is 0 Å². The normalized spacial score (nSPS) is 27.5. The topological polar surface area (TPSA) is 23.5 Å². The average molecular weight is 155 g/mol. The Morgan fingerprint density at radius 1 is 1.55 bits per heavy atom. The van der Waals surface area contributed by atoms with Crippen molar-refractivity contribution in [3.63, 3.8) is 0 Å². The Hall–Kier alpha value is -0.340. The van der Waals surface area contributed by atoms with Crippen LogP contribution >= 0.6 is 0 Å². The van der Waals surface area contributed by atoms with Crippen molar-refractivity contribution >= 4 is 0 Å². The highest BCUT2D eigenvalue weighted by atomic mass is 16.3. The van der Waals surface area contributed by atoms with Gasteiger partial charge in [0.1, 0.15) is 0 Å². The fraction of sp³-hybridized carbons (Fsp3) is 0.778. The Morgan fingerprint density at radius 3 is 2.91 bits per heavy atom. The molecular weight excluding hydrogens is 138 g/mol. The molecule has 64 valence electrons. The molecule has 0 bridgehead atoms. The van der Waals surface area contributed by atoms with Crippen molar-refractivity contribution in [1.29, 1.82) is 0 Å². The number of hydrogen-bond donors (Lipinski definition) is 1. The third-order valence-electron chi connectivity index (χ3n) is 2.09. The van der Waals surface area contributed by atoms with E-state index in [4.69, 9.17) is 0 Å². The fourth-order valence-electron chi connectivity index (χ4n) is 1.36. The third kappa shape index (κ3) is 2.64. The highest BCUT2D eigenvalue weighted by molar-refractivity contribution is 4.94. The lowest BCUT2D eigenvalue weighted by Gasteiger charge is -2.25. The van der Waals surface area contributed by atoms with Gasteiger partial charge in [-0.05, 0) is 20.3 Å². The monoisotopic (exact) mass is 155 g/mol. The minimum Gasteiger partial charge on any atom is -0.388 e. The van der Waals surface area contributed by atoms with E-state index in [0.29, 0.717) is 6.04 Å². The van der Waals surface area contributed by atoms with Gasteiger partial charge >= 0.3 is 0 Å². The standard InChI is InChI=1S/C9H17NO/c1-8(2)10-6-4-3-5-9(11)7-10/h3,5,8-9,11H,4,6-7H2,1-2H3. The van der Waals surface area contributed by atoms with E-state index in [1.54, 1.807) is 0 Å². The summed E-state index contributed by atoms with van der Waals surface area (Å²) in [4.78, 5) is 2.30. The smallest absolute Gasteiger partial charge is 0.0847 e. The molecule has 2 nitrogen and oxygen atoms in total. The lowest BCUT2D eigenvalue weighted by molar-refractivity contribution is 0.132. The van der Waals surface area contributed by atoms with Gasteiger partial charge in [-0.3, -0.25) is 4.90 Å². The zero-order valence-electron chi connectivity index (χ0n) is 7.33. The molecule has 2 heteroatoms. The summed E-state index contributed by atoms with van der Waals surface area (Å²) in [5.74, 6) is 0. The molecule has 0 saturated heterocycles. The van der Waals surface area contributed by atoms with Crippen molar-refractivity contribution in [2.75, 3.05) is 13.1 Å². The van der Waals surface area contributed by atoms with Crippen molar-refractivity contribution in [1.82, 2.24) is 4.90 Å². The molecule has 0 saturated carbocycles. The lowest BCUT2D eigenvalue weighted by atomic mass is 10.3. The summed E-state index contributed by atoms with van der Waals surface area (Å²) in [5.41, 5.74) is 0. The van der Waals surface area contributed by atoms with Gasteiger partial charge in [-0.1, -0.05) is 12.2 Å². The van der Waals surface area contributed by atoms with Crippen LogP contribution in [0.4, 0.5) is 0 Å². The maximum Gasteiger partial charge on any atom is 0.0847 e. The van der Waals surface area contributed by atoms with Crippen LogP contribution in [0.5, 0.6) is 0 Å². The van der Waals surface area contributed by atoms with Gasteiger partial charge in [-0.2, -0.15) is 0 Å². The highest BCUT2D eigenvalue weighted by Crippen LogP contribution is 2.06. The van der Waals surface area contributed by atoms with E-state index in [1.807, 2.05) is 6.08 Å². The van der Waals surface area contributed by atoms with Crippen molar-refractivity contribution in [2.24, 2.45) is 0 Å². The molecule has 0 radical (unpaired) electrons. The third-order valence-corrected chi connectivity index (χ3v) is 2.09. The van der Waals surface area contributed by atoms with Crippen LogP contribution in [0.2, 0.25) is 0 Å². The van der Waals surface area contributed by atoms with E-state index in [0.717, 1.165) is 19.5 Å². The summed E-state index contributed by atoms with van der Waals surface area (Å²) in [6.45, 7) is 6.19. The van der Waals surface area contributed by atoms with Gasteiger partial charge in [0.25, 0.3) is 0 Å². The Balaban J connectivity index is 2.45. The molecule has 1 unspecified atom stereocenters. The largest absolute Gasteiger partial charge is 0.388 e. The van der Waals surface area contributed by atoms with Gasteiger partial charge in [0.05, 0.1) is 6.10 Å². The molecule has 0 aliphatic carbocycles. The van der Waals surface area contributed by atoms with Crippen LogP contribution in [-0.4, -0.2) is 35.2 Å². The van der Waals surface area contributed by atoms with Crippen LogP contribution in [0.3, 0.4) is 0 Å². The van der Waals surface area contributed by atoms with E-state index in [2.05, 4.69) is 24.8 Å². The number of β-amino-alcohol motifs (C(OH)–C–C–N with tert-alkyl or cyclic N) is 1. The summed E-state index contributed by atoms with van der Waals surface area (Å²) >= 11 is 0. The van der Waals surface area contributed by atoms with Crippen LogP contribution in [0.25, 0.3) is 0 Å². The van der Waals surface area contributed by atoms with Crippen molar-refractivity contribution in [3.8, 4) is 0 Å². The van der Waals surface area contributed by atoms with Crippen LogP contribution in [-0.2, 0) is 0 Å². The van der Waals surface area contributed by atoms with E-state index in [9.17, 15) is 5.11 Å². The summed E-state index contributed by atoms with van der Waals surface area (Å²) < 4.78 is 0. The molecule has 1 rings (SSSR count). The first-order chi connectivity index (χ1) is 5.20. The van der Waals surface area contributed by atoms with E-state index in [-0.39, 0.29) is 6.10 Å². The Labute approximate surface area is 68.5 Å². The zero-order valence-corrected chi connectivity index (χ0v) is 7.33. The van der Waals surface area contributed by atoms with Crippen LogP contribution in [0, 0.1) is 0 Å². The molecule has 1 aliphatic rings. The predicted octanol–water partition coefficient (Wildman–Crippen LogP) is 1.02. The molecule has 11 heavy (non-hydrogen) atoms. The number of rotatable bonds is 1. The quantitative estimate of drug-likeness (QED) is 0.571. The van der Waals surface area contributed by atoms with Gasteiger partial charge in [-0.25, -0.2) is 0 Å². The molecule has 0 amide bonds. The second-order valence-corrected chi connectivity index (χ2v) is 3.37. The van der Waals surface area contributed by atoms with Gasteiger partial charge in [0, 0.05) is 19.1 Å². The lowest BCUT2D eigenvalue weighted by Crippen LogP contribution is -2.36. The fourth-order valence-corrected chi connectivity index (χ4v) is 1.36. The highest BCUT2D eigenvalue weighted by Gasteiger charge is 2.13. The Morgan fingerprint density at radius 2 is 2.27 bits per heavy atom. The molecule has 0 spiro atoms. The average Bonchev–Trinajstić information content (AvgIpc) is 2.13. The van der Waals surface area contributed by atoms with Crippen molar-refractivity contribution in [3.05, 3.63) is 12.2 Å². The molecular formula is C9H17NO. The van der Waals surface area contributed by atoms with Crippen LogP contribution < -0.4 is 0 Å². The molecule has 0 aromatic carbocycles. The summed E-state index contributed by atoms with van der Waals surface area (Å²) in [6, 6.07) is 0.546. The van der Waals surface area contributed by atoms with Gasteiger partial charge < -0.3 is 5.11 Å². The molecule has 0 fully saturated rings. The molecule has 0 aromatic rings. The number of nitrogens with zero attached hydrogens (tertiary/aromatic N) is 1. The summed E-state index contributed by atoms with van der Waals surface area (Å²) in [6.07, 6.45) is 4.75. The van der Waals surface area contributed by atoms with Crippen molar-refractivity contribution in [2.45, 2.75) is 32.4 Å². The Kier molecular flexibility index (Phi) is 3.09.